The SMILES string of the molecule is COCC(Cl)CCNC(=O)C1CCCCCC1. The van der Waals surface area contributed by atoms with Crippen LogP contribution in [0.15, 0.2) is 0 Å². The summed E-state index contributed by atoms with van der Waals surface area (Å²) in [7, 11) is 1.64. The van der Waals surface area contributed by atoms with Gasteiger partial charge in [-0.25, -0.2) is 0 Å². The van der Waals surface area contributed by atoms with Crippen LogP contribution in [0.1, 0.15) is 44.9 Å². The Balaban J connectivity index is 2.15. The van der Waals surface area contributed by atoms with Crippen LogP contribution in [0.2, 0.25) is 0 Å². The standard InChI is InChI=1S/C13H24ClNO2/c1-17-10-12(14)8-9-15-13(16)11-6-4-2-3-5-7-11/h11-12H,2-10H2,1H3,(H,15,16). The molecule has 3 nitrogen and oxygen atoms in total. The second kappa shape index (κ2) is 8.76. The van der Waals surface area contributed by atoms with Gasteiger partial charge in [-0.3, -0.25) is 4.79 Å². The first-order chi connectivity index (χ1) is 8.24. The lowest BCUT2D eigenvalue weighted by Crippen LogP contribution is -2.32. The average Bonchev–Trinajstić information content (AvgIpc) is 2.57. The first-order valence-corrected chi connectivity index (χ1v) is 7.08. The van der Waals surface area contributed by atoms with E-state index in [0.29, 0.717) is 13.2 Å². The van der Waals surface area contributed by atoms with Gasteiger partial charge in [0.05, 0.1) is 12.0 Å². The fourth-order valence-electron chi connectivity index (χ4n) is 2.30. The van der Waals surface area contributed by atoms with Crippen molar-refractivity contribution < 1.29 is 9.53 Å². The van der Waals surface area contributed by atoms with Crippen LogP contribution < -0.4 is 5.32 Å². The Bertz CT molecular complexity index is 215. The normalized spacial score (nSPS) is 19.6. The number of carbonyl (C=O) groups is 1. The maximum absolute atomic E-state index is 11.9. The van der Waals surface area contributed by atoms with Gasteiger partial charge in [0.15, 0.2) is 0 Å². The molecule has 100 valence electrons. The van der Waals surface area contributed by atoms with E-state index in [4.69, 9.17) is 16.3 Å². The smallest absolute Gasteiger partial charge is 0.223 e. The third-order valence-corrected chi connectivity index (χ3v) is 3.67. The molecule has 0 radical (unpaired) electrons. The van der Waals surface area contributed by atoms with Crippen molar-refractivity contribution in [2.45, 2.75) is 50.3 Å². The highest BCUT2D eigenvalue weighted by molar-refractivity contribution is 6.20. The summed E-state index contributed by atoms with van der Waals surface area (Å²) in [5, 5.41) is 2.99. The van der Waals surface area contributed by atoms with Gasteiger partial charge in [-0.15, -0.1) is 11.6 Å². The van der Waals surface area contributed by atoms with Gasteiger partial charge in [-0.1, -0.05) is 25.7 Å². The lowest BCUT2D eigenvalue weighted by Gasteiger charge is -2.15. The maximum atomic E-state index is 11.9. The van der Waals surface area contributed by atoms with Crippen LogP contribution in [0.4, 0.5) is 0 Å². The van der Waals surface area contributed by atoms with Crippen molar-refractivity contribution in [2.24, 2.45) is 5.92 Å². The minimum atomic E-state index is -0.00515. The largest absolute Gasteiger partial charge is 0.383 e. The lowest BCUT2D eigenvalue weighted by atomic mass is 9.99. The molecule has 1 atom stereocenters. The van der Waals surface area contributed by atoms with E-state index in [0.717, 1.165) is 19.3 Å². The molecule has 1 saturated carbocycles. The Morgan fingerprint density at radius 3 is 2.59 bits per heavy atom. The highest BCUT2D eigenvalue weighted by Gasteiger charge is 2.19. The van der Waals surface area contributed by atoms with Crippen LogP contribution in [-0.4, -0.2) is 31.5 Å². The predicted octanol–water partition coefficient (Wildman–Crippen LogP) is 2.72. The Labute approximate surface area is 109 Å². The topological polar surface area (TPSA) is 38.3 Å². The van der Waals surface area contributed by atoms with Gasteiger partial charge < -0.3 is 10.1 Å². The molecule has 17 heavy (non-hydrogen) atoms. The van der Waals surface area contributed by atoms with Crippen molar-refractivity contribution in [2.75, 3.05) is 20.3 Å². The fourth-order valence-corrected chi connectivity index (χ4v) is 2.54. The van der Waals surface area contributed by atoms with Gasteiger partial charge >= 0.3 is 0 Å². The van der Waals surface area contributed by atoms with E-state index >= 15 is 0 Å². The van der Waals surface area contributed by atoms with E-state index < -0.39 is 0 Å². The monoisotopic (exact) mass is 261 g/mol. The predicted molar refractivity (Wildman–Crippen MR) is 70.3 cm³/mol. The van der Waals surface area contributed by atoms with Crippen LogP contribution in [0.3, 0.4) is 0 Å². The Kier molecular flexibility index (Phi) is 7.62. The van der Waals surface area contributed by atoms with E-state index in [1.807, 2.05) is 0 Å². The van der Waals surface area contributed by atoms with E-state index in [9.17, 15) is 4.79 Å². The molecule has 1 rings (SSSR count). The Morgan fingerprint density at radius 2 is 2.00 bits per heavy atom. The summed E-state index contributed by atoms with van der Waals surface area (Å²) in [5.74, 6) is 0.446. The van der Waals surface area contributed by atoms with Crippen LogP contribution in [0, 0.1) is 5.92 Å². The molecular weight excluding hydrogens is 238 g/mol. The number of methoxy groups -OCH3 is 1. The lowest BCUT2D eigenvalue weighted by molar-refractivity contribution is -0.125. The molecule has 1 fully saturated rings. The number of alkyl halides is 1. The number of ether oxygens (including phenoxy) is 1. The summed E-state index contributed by atoms with van der Waals surface area (Å²) in [6, 6.07) is 0. The molecule has 1 unspecified atom stereocenters. The molecule has 1 amide bonds. The van der Waals surface area contributed by atoms with Crippen molar-refractivity contribution in [1.82, 2.24) is 5.32 Å². The number of hydrogen-bond donors (Lipinski definition) is 1. The van der Waals surface area contributed by atoms with Crippen molar-refractivity contribution in [3.05, 3.63) is 0 Å². The van der Waals surface area contributed by atoms with Gasteiger partial charge in [-0.05, 0) is 19.3 Å². The molecule has 0 aliphatic heterocycles. The number of rotatable bonds is 6. The summed E-state index contributed by atoms with van der Waals surface area (Å²) in [4.78, 5) is 11.9. The van der Waals surface area contributed by atoms with Crippen molar-refractivity contribution in [3.63, 3.8) is 0 Å². The maximum Gasteiger partial charge on any atom is 0.223 e. The summed E-state index contributed by atoms with van der Waals surface area (Å²) < 4.78 is 4.95. The zero-order chi connectivity index (χ0) is 12.5. The van der Waals surface area contributed by atoms with Crippen molar-refractivity contribution in [1.29, 1.82) is 0 Å². The molecule has 0 bridgehead atoms. The molecule has 1 aliphatic carbocycles. The number of amides is 1. The van der Waals surface area contributed by atoms with Crippen molar-refractivity contribution >= 4 is 17.5 Å². The summed E-state index contributed by atoms with van der Waals surface area (Å²) in [5.41, 5.74) is 0. The van der Waals surface area contributed by atoms with Gasteiger partial charge in [0, 0.05) is 19.6 Å². The van der Waals surface area contributed by atoms with Gasteiger partial charge in [-0.2, -0.15) is 0 Å². The summed E-state index contributed by atoms with van der Waals surface area (Å²) in [6.07, 6.45) is 7.82. The average molecular weight is 262 g/mol. The van der Waals surface area contributed by atoms with Crippen LogP contribution >= 0.6 is 11.6 Å². The first-order valence-electron chi connectivity index (χ1n) is 6.64. The minimum Gasteiger partial charge on any atom is -0.383 e. The molecule has 1 aliphatic rings. The van der Waals surface area contributed by atoms with E-state index in [1.165, 1.54) is 25.7 Å². The quantitative estimate of drug-likeness (QED) is 0.590. The molecule has 0 aromatic rings. The summed E-state index contributed by atoms with van der Waals surface area (Å²) in [6.45, 7) is 1.20. The highest BCUT2D eigenvalue weighted by atomic mass is 35.5. The number of hydrogen-bond acceptors (Lipinski definition) is 2. The summed E-state index contributed by atoms with van der Waals surface area (Å²) >= 11 is 6.00. The Hall–Kier alpha value is -0.280. The van der Waals surface area contributed by atoms with Crippen molar-refractivity contribution in [3.8, 4) is 0 Å². The van der Waals surface area contributed by atoms with Crippen LogP contribution in [0.25, 0.3) is 0 Å². The minimum absolute atomic E-state index is 0.00515. The molecule has 0 spiro atoms. The molecule has 0 aromatic carbocycles. The fraction of sp³-hybridized carbons (Fsp3) is 0.923. The second-order valence-corrected chi connectivity index (χ2v) is 5.44. The zero-order valence-corrected chi connectivity index (χ0v) is 11.5. The van der Waals surface area contributed by atoms with E-state index in [-0.39, 0.29) is 17.2 Å². The van der Waals surface area contributed by atoms with Gasteiger partial charge in [0.1, 0.15) is 0 Å². The Morgan fingerprint density at radius 1 is 1.35 bits per heavy atom. The molecular formula is C13H24ClNO2. The number of halogens is 1. The third-order valence-electron chi connectivity index (χ3n) is 3.33. The molecule has 0 heterocycles. The first kappa shape index (κ1) is 14.8. The third kappa shape index (κ3) is 6.27. The van der Waals surface area contributed by atoms with E-state index in [2.05, 4.69) is 5.32 Å². The highest BCUT2D eigenvalue weighted by Crippen LogP contribution is 2.22. The molecule has 1 N–H and O–H groups in total. The molecule has 4 heteroatoms. The number of nitrogens with one attached hydrogen (secondary N) is 1. The molecule has 0 aromatic heterocycles. The van der Waals surface area contributed by atoms with Gasteiger partial charge in [0.2, 0.25) is 5.91 Å². The van der Waals surface area contributed by atoms with Crippen LogP contribution in [-0.2, 0) is 9.53 Å². The number of carbonyl (C=O) groups excluding carboxylic acids is 1. The zero-order valence-electron chi connectivity index (χ0n) is 10.7. The van der Waals surface area contributed by atoms with E-state index in [1.54, 1.807) is 7.11 Å². The second-order valence-electron chi connectivity index (χ2n) is 4.82. The van der Waals surface area contributed by atoms with Crippen LogP contribution in [0.5, 0.6) is 0 Å². The molecule has 0 saturated heterocycles. The van der Waals surface area contributed by atoms with Gasteiger partial charge in [0.25, 0.3) is 0 Å².